The fourth-order valence-electron chi connectivity index (χ4n) is 3.60. The maximum absolute atomic E-state index is 13.2. The summed E-state index contributed by atoms with van der Waals surface area (Å²) in [5.74, 6) is -0.474. The lowest BCUT2D eigenvalue weighted by Gasteiger charge is -2.36. The van der Waals surface area contributed by atoms with Crippen molar-refractivity contribution in [3.63, 3.8) is 0 Å². The van der Waals surface area contributed by atoms with Gasteiger partial charge in [-0.2, -0.15) is 0 Å². The van der Waals surface area contributed by atoms with E-state index in [2.05, 4.69) is 15.0 Å². The second-order valence-electron chi connectivity index (χ2n) is 6.02. The molecule has 24 heavy (non-hydrogen) atoms. The number of rotatable bonds is 5. The van der Waals surface area contributed by atoms with Gasteiger partial charge in [0.2, 0.25) is 0 Å². The van der Waals surface area contributed by atoms with Crippen molar-refractivity contribution in [1.29, 1.82) is 0 Å². The van der Waals surface area contributed by atoms with Crippen molar-refractivity contribution in [3.05, 3.63) is 24.2 Å². The van der Waals surface area contributed by atoms with Crippen LogP contribution in [-0.2, 0) is 9.53 Å². The number of aromatic nitrogens is 3. The lowest BCUT2D eigenvalue weighted by molar-refractivity contribution is -0.155. The second-order valence-corrected chi connectivity index (χ2v) is 6.02. The number of amides is 1. The number of likely N-dealkylation sites (tertiary alicyclic amines) is 1. The maximum Gasteiger partial charge on any atom is 0.332 e. The Bertz CT molecular complexity index is 757. The van der Waals surface area contributed by atoms with E-state index in [-0.39, 0.29) is 11.9 Å². The van der Waals surface area contributed by atoms with Crippen molar-refractivity contribution in [2.45, 2.75) is 45.1 Å². The van der Waals surface area contributed by atoms with E-state index in [0.29, 0.717) is 42.7 Å². The molecule has 128 valence electrons. The number of nitrogens with one attached hydrogen (secondary N) is 1. The number of aromatic amines is 1. The molecule has 2 aromatic rings. The van der Waals surface area contributed by atoms with Gasteiger partial charge in [-0.1, -0.05) is 13.3 Å². The zero-order chi connectivity index (χ0) is 17.2. The maximum atomic E-state index is 13.2. The molecule has 0 saturated carbocycles. The zero-order valence-corrected chi connectivity index (χ0v) is 14.0. The number of hydrogen-bond acceptors (Lipinski definition) is 5. The molecule has 1 aliphatic heterocycles. The molecule has 1 fully saturated rings. The number of fused-ring (bicyclic) bond motifs is 1. The van der Waals surface area contributed by atoms with Crippen molar-refractivity contribution in [1.82, 2.24) is 19.9 Å². The Morgan fingerprint density at radius 2 is 2.21 bits per heavy atom. The highest BCUT2D eigenvalue weighted by molar-refractivity contribution is 6.06. The minimum atomic E-state index is -0.864. The van der Waals surface area contributed by atoms with Crippen molar-refractivity contribution in [2.24, 2.45) is 0 Å². The minimum Gasteiger partial charge on any atom is -0.464 e. The molecule has 1 atom stereocenters. The van der Waals surface area contributed by atoms with Gasteiger partial charge in [-0.15, -0.1) is 0 Å². The fourth-order valence-corrected chi connectivity index (χ4v) is 3.60. The molecule has 1 aliphatic rings. The normalized spacial score (nSPS) is 20.5. The SMILES string of the molecule is CCCC1(C(=O)OCC)CCCN1C(=O)c1ccnc2nc[nH]c12. The predicted molar refractivity (Wildman–Crippen MR) is 88.4 cm³/mol. The van der Waals surface area contributed by atoms with Crippen LogP contribution in [0, 0.1) is 0 Å². The molecule has 1 N–H and O–H groups in total. The van der Waals surface area contributed by atoms with Crippen LogP contribution in [0.4, 0.5) is 0 Å². The second kappa shape index (κ2) is 6.59. The van der Waals surface area contributed by atoms with Crippen LogP contribution in [0.3, 0.4) is 0 Å². The lowest BCUT2D eigenvalue weighted by Crippen LogP contribution is -2.53. The van der Waals surface area contributed by atoms with Crippen molar-refractivity contribution < 1.29 is 14.3 Å². The van der Waals surface area contributed by atoms with Crippen LogP contribution in [0.5, 0.6) is 0 Å². The molecule has 1 amide bonds. The van der Waals surface area contributed by atoms with E-state index in [1.807, 2.05) is 6.92 Å². The molecule has 0 aromatic carbocycles. The molecule has 1 saturated heterocycles. The summed E-state index contributed by atoms with van der Waals surface area (Å²) in [6, 6.07) is 1.67. The van der Waals surface area contributed by atoms with Gasteiger partial charge < -0.3 is 14.6 Å². The number of pyridine rings is 1. The first-order valence-corrected chi connectivity index (χ1v) is 8.41. The van der Waals surface area contributed by atoms with Crippen LogP contribution in [0.2, 0.25) is 0 Å². The van der Waals surface area contributed by atoms with E-state index in [1.165, 1.54) is 6.33 Å². The van der Waals surface area contributed by atoms with E-state index in [9.17, 15) is 9.59 Å². The third kappa shape index (κ3) is 2.53. The number of imidazole rings is 1. The zero-order valence-electron chi connectivity index (χ0n) is 14.0. The van der Waals surface area contributed by atoms with Crippen LogP contribution < -0.4 is 0 Å². The smallest absolute Gasteiger partial charge is 0.332 e. The highest BCUT2D eigenvalue weighted by Gasteiger charge is 2.50. The number of hydrogen-bond donors (Lipinski definition) is 1. The van der Waals surface area contributed by atoms with Crippen molar-refractivity contribution >= 4 is 23.0 Å². The molecule has 7 heteroatoms. The van der Waals surface area contributed by atoms with Crippen molar-refractivity contribution in [2.75, 3.05) is 13.2 Å². The summed E-state index contributed by atoms with van der Waals surface area (Å²) in [4.78, 5) is 38.8. The Hall–Kier alpha value is -2.44. The summed E-state index contributed by atoms with van der Waals surface area (Å²) < 4.78 is 5.31. The van der Waals surface area contributed by atoms with Gasteiger partial charge in [0.15, 0.2) is 5.65 Å². The number of carbonyl (C=O) groups is 2. The Labute approximate surface area is 140 Å². The van der Waals surface area contributed by atoms with Crippen molar-refractivity contribution in [3.8, 4) is 0 Å². The van der Waals surface area contributed by atoms with E-state index < -0.39 is 5.54 Å². The van der Waals surface area contributed by atoms with Gasteiger partial charge in [0, 0.05) is 12.7 Å². The summed E-state index contributed by atoms with van der Waals surface area (Å²) in [6.07, 6.45) is 5.93. The number of carbonyl (C=O) groups excluding carboxylic acids is 2. The molecule has 1 unspecified atom stereocenters. The molecular weight excluding hydrogens is 308 g/mol. The first-order valence-electron chi connectivity index (χ1n) is 8.41. The summed E-state index contributed by atoms with van der Waals surface area (Å²) in [6.45, 7) is 4.67. The van der Waals surface area contributed by atoms with E-state index in [0.717, 1.165) is 12.8 Å². The average molecular weight is 330 g/mol. The summed E-state index contributed by atoms with van der Waals surface area (Å²) in [5.41, 5.74) is 0.724. The lowest BCUT2D eigenvalue weighted by atomic mass is 9.90. The van der Waals surface area contributed by atoms with Gasteiger partial charge in [-0.25, -0.2) is 14.8 Å². The number of nitrogens with zero attached hydrogens (tertiary/aromatic N) is 3. The van der Waals surface area contributed by atoms with Crippen LogP contribution in [0.25, 0.3) is 11.2 Å². The standard InChI is InChI=1S/C17H22N4O3/c1-3-7-17(16(23)24-4-2)8-5-10-21(17)15(22)12-6-9-18-14-13(12)19-11-20-14/h6,9,11H,3-5,7-8,10H2,1-2H3,(H,18,19,20). The molecule has 0 radical (unpaired) electrons. The molecule has 3 heterocycles. The number of esters is 1. The molecular formula is C17H22N4O3. The molecule has 2 aromatic heterocycles. The fraction of sp³-hybridized carbons (Fsp3) is 0.529. The highest BCUT2D eigenvalue weighted by Crippen LogP contribution is 2.36. The molecule has 0 aliphatic carbocycles. The molecule has 7 nitrogen and oxygen atoms in total. The first-order chi connectivity index (χ1) is 11.6. The van der Waals surface area contributed by atoms with Gasteiger partial charge >= 0.3 is 5.97 Å². The van der Waals surface area contributed by atoms with Gasteiger partial charge in [0.05, 0.1) is 24.0 Å². The van der Waals surface area contributed by atoms with Gasteiger partial charge in [-0.05, 0) is 32.3 Å². The quantitative estimate of drug-likeness (QED) is 0.850. The van der Waals surface area contributed by atoms with Gasteiger partial charge in [0.1, 0.15) is 5.54 Å². The monoisotopic (exact) mass is 330 g/mol. The van der Waals surface area contributed by atoms with Crippen LogP contribution in [0.1, 0.15) is 49.9 Å². The van der Waals surface area contributed by atoms with Crippen LogP contribution in [-0.4, -0.2) is 50.4 Å². The summed E-state index contributed by atoms with van der Waals surface area (Å²) in [7, 11) is 0. The summed E-state index contributed by atoms with van der Waals surface area (Å²) >= 11 is 0. The highest BCUT2D eigenvalue weighted by atomic mass is 16.5. The predicted octanol–water partition coefficient (Wildman–Crippen LogP) is 2.30. The molecule has 0 bridgehead atoms. The Kier molecular flexibility index (Phi) is 4.51. The largest absolute Gasteiger partial charge is 0.464 e. The minimum absolute atomic E-state index is 0.175. The Balaban J connectivity index is 2.00. The molecule has 0 spiro atoms. The van der Waals surface area contributed by atoms with E-state index in [1.54, 1.807) is 24.1 Å². The Morgan fingerprint density at radius 3 is 2.96 bits per heavy atom. The number of H-pyrrole nitrogens is 1. The van der Waals surface area contributed by atoms with Crippen LogP contribution >= 0.6 is 0 Å². The topological polar surface area (TPSA) is 88.2 Å². The Morgan fingerprint density at radius 1 is 1.38 bits per heavy atom. The summed E-state index contributed by atoms with van der Waals surface area (Å²) in [5, 5.41) is 0. The third-order valence-corrected chi connectivity index (χ3v) is 4.61. The van der Waals surface area contributed by atoms with Gasteiger partial charge in [0.25, 0.3) is 5.91 Å². The third-order valence-electron chi connectivity index (χ3n) is 4.61. The molecule has 3 rings (SSSR count). The van der Waals surface area contributed by atoms with E-state index >= 15 is 0 Å². The average Bonchev–Trinajstić information content (AvgIpc) is 3.21. The first kappa shape index (κ1) is 16.4. The van der Waals surface area contributed by atoms with Gasteiger partial charge in [-0.3, -0.25) is 4.79 Å². The van der Waals surface area contributed by atoms with Crippen LogP contribution in [0.15, 0.2) is 18.6 Å². The van der Waals surface area contributed by atoms with E-state index in [4.69, 9.17) is 4.74 Å². The number of ether oxygens (including phenoxy) is 1.